The van der Waals surface area contributed by atoms with Crippen molar-refractivity contribution in [2.75, 3.05) is 6.61 Å². The molecule has 1 unspecified atom stereocenters. The Bertz CT molecular complexity index is 497. The van der Waals surface area contributed by atoms with Gasteiger partial charge in [-0.3, -0.25) is 13.6 Å². The molecule has 0 spiro atoms. The topological polar surface area (TPSA) is 135 Å². The highest BCUT2D eigenvalue weighted by Gasteiger charge is 2.50. The van der Waals surface area contributed by atoms with Crippen molar-refractivity contribution in [3.05, 3.63) is 0 Å². The van der Waals surface area contributed by atoms with Crippen molar-refractivity contribution in [3.8, 4) is 0 Å². The monoisotopic (exact) mass is 424 g/mol. The van der Waals surface area contributed by atoms with E-state index in [2.05, 4.69) is 0 Å². The summed E-state index contributed by atoms with van der Waals surface area (Å²) in [6.07, 6.45) is 1.39. The fraction of sp³-hybridized carbons (Fsp3) is 1.00. The van der Waals surface area contributed by atoms with E-state index in [4.69, 9.17) is 23.4 Å². The third kappa shape index (κ3) is 5.74. The van der Waals surface area contributed by atoms with E-state index in [1.807, 2.05) is 0 Å². The minimum Gasteiger partial charge on any atom is -0.394 e. The number of rotatable bonds is 8. The summed E-state index contributed by atoms with van der Waals surface area (Å²) >= 11 is 0. The zero-order valence-corrected chi connectivity index (χ0v) is 17.0. The van der Waals surface area contributed by atoms with Crippen LogP contribution in [0.25, 0.3) is 0 Å². The predicted octanol–water partition coefficient (Wildman–Crippen LogP) is 1.61. The fourth-order valence-corrected chi connectivity index (χ4v) is 5.82. The number of aliphatic hydroxyl groups is 4. The first kappa shape index (κ1) is 22.6. The Balaban J connectivity index is 1.69. The van der Waals surface area contributed by atoms with Crippen molar-refractivity contribution < 1.29 is 43.3 Å². The molecule has 2 saturated carbocycles. The van der Waals surface area contributed by atoms with Gasteiger partial charge in [0.05, 0.1) is 18.8 Å². The maximum Gasteiger partial charge on any atom is 0.477 e. The molecule has 9 nitrogen and oxygen atoms in total. The highest BCUT2D eigenvalue weighted by Crippen LogP contribution is 2.56. The van der Waals surface area contributed by atoms with Crippen molar-refractivity contribution >= 4 is 7.82 Å². The molecule has 0 amide bonds. The quantitative estimate of drug-likeness (QED) is 0.429. The smallest absolute Gasteiger partial charge is 0.394 e. The Kier molecular flexibility index (Phi) is 8.30. The van der Waals surface area contributed by atoms with Gasteiger partial charge in [0.2, 0.25) is 0 Å². The lowest BCUT2D eigenvalue weighted by atomic mass is 9.98. The number of hydrogen-bond donors (Lipinski definition) is 4. The van der Waals surface area contributed by atoms with Crippen molar-refractivity contribution in [1.29, 1.82) is 0 Å². The van der Waals surface area contributed by atoms with E-state index in [1.165, 1.54) is 0 Å². The van der Waals surface area contributed by atoms with Gasteiger partial charge in [0.15, 0.2) is 6.29 Å². The van der Waals surface area contributed by atoms with Crippen molar-refractivity contribution in [3.63, 3.8) is 0 Å². The molecule has 3 fully saturated rings. The molecule has 1 heterocycles. The Hall–Kier alpha value is -0.0900. The molecular formula is C18H33O9P. The normalized spacial score (nSPS) is 34.6. The van der Waals surface area contributed by atoms with Crippen LogP contribution in [0, 0.1) is 0 Å². The molecule has 5 atom stereocenters. The van der Waals surface area contributed by atoms with Gasteiger partial charge in [-0.25, -0.2) is 4.57 Å². The maximum absolute atomic E-state index is 13.5. The molecule has 10 heteroatoms. The number of phosphoric acid groups is 1. The second kappa shape index (κ2) is 10.3. The maximum atomic E-state index is 13.5. The van der Waals surface area contributed by atoms with Gasteiger partial charge in [0.25, 0.3) is 0 Å². The van der Waals surface area contributed by atoms with Gasteiger partial charge in [-0.1, -0.05) is 38.5 Å². The molecule has 3 rings (SSSR count). The van der Waals surface area contributed by atoms with Crippen LogP contribution in [0.4, 0.5) is 0 Å². The van der Waals surface area contributed by atoms with E-state index >= 15 is 0 Å². The Morgan fingerprint density at radius 1 is 0.857 bits per heavy atom. The van der Waals surface area contributed by atoms with Crippen LogP contribution in [-0.4, -0.2) is 69.9 Å². The zero-order valence-electron chi connectivity index (χ0n) is 16.1. The van der Waals surface area contributed by atoms with E-state index in [1.54, 1.807) is 0 Å². The third-order valence-electron chi connectivity index (χ3n) is 5.72. The summed E-state index contributed by atoms with van der Waals surface area (Å²) in [5.41, 5.74) is 0. The summed E-state index contributed by atoms with van der Waals surface area (Å²) < 4.78 is 35.9. The molecule has 0 aromatic rings. The van der Waals surface area contributed by atoms with E-state index in [0.29, 0.717) is 0 Å². The summed E-state index contributed by atoms with van der Waals surface area (Å²) in [6, 6.07) is 0. The van der Waals surface area contributed by atoms with Crippen LogP contribution in [-0.2, 0) is 22.9 Å². The Morgan fingerprint density at radius 3 is 1.82 bits per heavy atom. The summed E-state index contributed by atoms with van der Waals surface area (Å²) in [5, 5.41) is 39.1. The van der Waals surface area contributed by atoms with Crippen LogP contribution in [0.2, 0.25) is 0 Å². The van der Waals surface area contributed by atoms with E-state index in [0.717, 1.165) is 64.2 Å². The van der Waals surface area contributed by atoms with E-state index < -0.39 is 45.1 Å². The lowest BCUT2D eigenvalue weighted by Gasteiger charge is -2.31. The van der Waals surface area contributed by atoms with Gasteiger partial charge < -0.3 is 25.2 Å². The molecule has 2 aliphatic carbocycles. The van der Waals surface area contributed by atoms with Crippen LogP contribution < -0.4 is 0 Å². The highest BCUT2D eigenvalue weighted by atomic mass is 31.2. The minimum atomic E-state index is -4.07. The standard InChI is InChI=1S/C18H33O9P/c19-11-14(20)17-15(21)16(22)18(24-17)27-28(23,25-12-7-3-1-4-8-12)26-13-9-5-2-6-10-13/h12-22H,1-11H2/t14-,15-,16-,17-,18?/m1/s1. The van der Waals surface area contributed by atoms with Crippen LogP contribution in [0.15, 0.2) is 0 Å². The number of ether oxygens (including phenoxy) is 1. The van der Waals surface area contributed by atoms with Gasteiger partial charge >= 0.3 is 7.82 Å². The molecule has 0 radical (unpaired) electrons. The van der Waals surface area contributed by atoms with Gasteiger partial charge in [-0.2, -0.15) is 0 Å². The molecular weight excluding hydrogens is 391 g/mol. The molecule has 164 valence electrons. The first-order valence-electron chi connectivity index (χ1n) is 10.4. The van der Waals surface area contributed by atoms with Crippen molar-refractivity contribution in [1.82, 2.24) is 0 Å². The van der Waals surface area contributed by atoms with Crippen LogP contribution in [0.5, 0.6) is 0 Å². The molecule has 0 aromatic heterocycles. The van der Waals surface area contributed by atoms with E-state index in [9.17, 15) is 19.9 Å². The highest BCUT2D eigenvalue weighted by molar-refractivity contribution is 7.48. The second-order valence-electron chi connectivity index (χ2n) is 7.98. The molecule has 4 N–H and O–H groups in total. The molecule has 0 aromatic carbocycles. The predicted molar refractivity (Wildman–Crippen MR) is 98.4 cm³/mol. The summed E-state index contributed by atoms with van der Waals surface area (Å²) in [7, 11) is -4.07. The fourth-order valence-electron chi connectivity index (χ4n) is 4.09. The number of hydrogen-bond acceptors (Lipinski definition) is 9. The summed E-state index contributed by atoms with van der Waals surface area (Å²) in [5.74, 6) is 0. The van der Waals surface area contributed by atoms with Crippen LogP contribution >= 0.6 is 7.82 Å². The van der Waals surface area contributed by atoms with Crippen molar-refractivity contribution in [2.24, 2.45) is 0 Å². The minimum absolute atomic E-state index is 0.259. The van der Waals surface area contributed by atoms with Crippen molar-refractivity contribution in [2.45, 2.75) is 107 Å². The molecule has 1 aliphatic heterocycles. The Morgan fingerprint density at radius 2 is 1.36 bits per heavy atom. The lowest BCUT2D eigenvalue weighted by Crippen LogP contribution is -2.40. The molecule has 3 aliphatic rings. The van der Waals surface area contributed by atoms with Gasteiger partial charge in [0, 0.05) is 0 Å². The first-order valence-corrected chi connectivity index (χ1v) is 11.8. The van der Waals surface area contributed by atoms with E-state index in [-0.39, 0.29) is 12.2 Å². The van der Waals surface area contributed by atoms with Gasteiger partial charge in [0.1, 0.15) is 24.4 Å². The molecule has 0 bridgehead atoms. The zero-order chi connectivity index (χ0) is 20.1. The van der Waals surface area contributed by atoms with Gasteiger partial charge in [-0.05, 0) is 25.7 Å². The average molecular weight is 424 g/mol. The molecule has 1 saturated heterocycles. The summed E-state index contributed by atoms with van der Waals surface area (Å²) in [4.78, 5) is 0. The second-order valence-corrected chi connectivity index (χ2v) is 9.51. The summed E-state index contributed by atoms with van der Waals surface area (Å²) in [6.45, 7) is -0.657. The number of aliphatic hydroxyl groups excluding tert-OH is 4. The Labute approximate surface area is 165 Å². The SMILES string of the molecule is O=P(OC1CCCCC1)(OC1CCCCC1)OC1O[C@H]([C@H](O)CO)[C@H](O)[C@H]1O. The largest absolute Gasteiger partial charge is 0.477 e. The molecule has 28 heavy (non-hydrogen) atoms. The average Bonchev–Trinajstić information content (AvgIpc) is 2.97. The lowest BCUT2D eigenvalue weighted by molar-refractivity contribution is -0.151. The van der Waals surface area contributed by atoms with Gasteiger partial charge in [-0.15, -0.1) is 0 Å². The van der Waals surface area contributed by atoms with Crippen LogP contribution in [0.3, 0.4) is 0 Å². The number of phosphoric ester groups is 1. The van der Waals surface area contributed by atoms with Crippen LogP contribution in [0.1, 0.15) is 64.2 Å². The third-order valence-corrected chi connectivity index (χ3v) is 7.30. The first-order chi connectivity index (χ1) is 13.4.